The Bertz CT molecular complexity index is 1650. The summed E-state index contributed by atoms with van der Waals surface area (Å²) in [7, 11) is 0. The molecule has 270 valence electrons. The summed E-state index contributed by atoms with van der Waals surface area (Å²) in [6.07, 6.45) is 10.7. The molecule has 9 heteroatoms. The number of aromatic nitrogens is 4. The van der Waals surface area contributed by atoms with Crippen molar-refractivity contribution in [3.05, 3.63) is 53.1 Å². The number of hydrogen-bond acceptors (Lipinski definition) is 8. The van der Waals surface area contributed by atoms with Crippen LogP contribution in [0.2, 0.25) is 0 Å². The van der Waals surface area contributed by atoms with Crippen LogP contribution in [0.3, 0.4) is 0 Å². The number of nitriles is 1. The molecule has 0 saturated heterocycles. The number of nitrogens with zero attached hydrogens (tertiary/aromatic N) is 7. The van der Waals surface area contributed by atoms with Gasteiger partial charge in [-0.3, -0.25) is 4.79 Å². The van der Waals surface area contributed by atoms with E-state index in [9.17, 15) is 10.1 Å². The SMILES string of the molecule is CCCCC(CC)CN(CC(CC)CCCC)c1nc(-c2ccccc2)c(N=C2C(CC(C)C)=C(C#N)C(=O)n3nc(CC(C)(C)C)nc32)s1. The standard InChI is InChI=1S/C41H59N7OS/c1-10-14-19-29(12-3)26-47(27-30(13-4)20-15-11-2)40-45-35(31-21-17-16-18-22-31)38(50-40)44-36-32(23-28(5)6)33(25-42)39(49)48-37(36)43-34(46-48)24-41(7,8)9/h16-18,21-22,28-30H,10-15,19-20,23-24,26-27H2,1-9H3. The Labute approximate surface area is 305 Å². The molecule has 0 spiro atoms. The second-order valence-electron chi connectivity index (χ2n) is 15.6. The van der Waals surface area contributed by atoms with Crippen molar-refractivity contribution in [2.75, 3.05) is 18.0 Å². The van der Waals surface area contributed by atoms with Crippen LogP contribution in [0.4, 0.5) is 10.1 Å². The van der Waals surface area contributed by atoms with E-state index in [0.29, 0.717) is 47.6 Å². The molecule has 0 amide bonds. The summed E-state index contributed by atoms with van der Waals surface area (Å²) in [5, 5.41) is 16.7. The van der Waals surface area contributed by atoms with Gasteiger partial charge >= 0.3 is 0 Å². The van der Waals surface area contributed by atoms with Gasteiger partial charge in [-0.25, -0.2) is 15.0 Å². The molecule has 1 aromatic carbocycles. The van der Waals surface area contributed by atoms with E-state index < -0.39 is 5.91 Å². The van der Waals surface area contributed by atoms with E-state index in [-0.39, 0.29) is 16.9 Å². The molecule has 2 unspecified atom stereocenters. The Kier molecular flexibility index (Phi) is 14.1. The number of thiazole rings is 1. The van der Waals surface area contributed by atoms with E-state index in [1.807, 2.05) is 18.2 Å². The van der Waals surface area contributed by atoms with Gasteiger partial charge in [0, 0.05) is 30.6 Å². The molecule has 0 radical (unpaired) electrons. The third kappa shape index (κ3) is 9.99. The fourth-order valence-electron chi connectivity index (χ4n) is 6.61. The predicted molar refractivity (Wildman–Crippen MR) is 208 cm³/mol. The van der Waals surface area contributed by atoms with Crippen molar-refractivity contribution in [1.29, 1.82) is 5.26 Å². The van der Waals surface area contributed by atoms with Crippen molar-refractivity contribution < 1.29 is 4.79 Å². The van der Waals surface area contributed by atoms with Gasteiger partial charge in [0.25, 0.3) is 5.91 Å². The Morgan fingerprint density at radius 3 is 2.10 bits per heavy atom. The fraction of sp³-hybridized carbons (Fsp3) is 0.610. The van der Waals surface area contributed by atoms with Crippen molar-refractivity contribution >= 4 is 33.1 Å². The number of allylic oxidation sites excluding steroid dienone is 2. The molecule has 0 saturated carbocycles. The van der Waals surface area contributed by atoms with Crippen LogP contribution in [0.15, 0.2) is 46.5 Å². The highest BCUT2D eigenvalue weighted by molar-refractivity contribution is 7.19. The minimum atomic E-state index is -0.431. The molecule has 3 heterocycles. The van der Waals surface area contributed by atoms with Gasteiger partial charge in [-0.15, -0.1) is 5.10 Å². The lowest BCUT2D eigenvalue weighted by molar-refractivity contribution is 0.0940. The van der Waals surface area contributed by atoms with Gasteiger partial charge in [-0.1, -0.05) is 143 Å². The molecule has 1 aliphatic rings. The molecule has 4 rings (SSSR count). The first kappa shape index (κ1) is 39.2. The number of unbranched alkanes of at least 4 members (excludes halogenated alkanes) is 2. The van der Waals surface area contributed by atoms with Crippen LogP contribution in [0.5, 0.6) is 0 Å². The first-order chi connectivity index (χ1) is 23.9. The highest BCUT2D eigenvalue weighted by atomic mass is 32.1. The van der Waals surface area contributed by atoms with Crippen molar-refractivity contribution in [1.82, 2.24) is 19.7 Å². The summed E-state index contributed by atoms with van der Waals surface area (Å²) in [6.45, 7) is 21.7. The lowest BCUT2D eigenvalue weighted by Crippen LogP contribution is -2.34. The summed E-state index contributed by atoms with van der Waals surface area (Å²) in [5.74, 6) is 1.91. The van der Waals surface area contributed by atoms with Gasteiger partial charge in [-0.2, -0.15) is 9.94 Å². The average Bonchev–Trinajstić information content (AvgIpc) is 3.70. The maximum absolute atomic E-state index is 13.7. The first-order valence-electron chi connectivity index (χ1n) is 19.0. The molecule has 0 bridgehead atoms. The van der Waals surface area contributed by atoms with Crippen molar-refractivity contribution in [3.63, 3.8) is 0 Å². The minimum absolute atomic E-state index is 0.0818. The van der Waals surface area contributed by atoms with Gasteiger partial charge in [0.2, 0.25) is 0 Å². The number of fused-ring (bicyclic) bond motifs is 1. The zero-order valence-corrected chi connectivity index (χ0v) is 32.9. The number of rotatable bonds is 18. The van der Waals surface area contributed by atoms with Gasteiger partial charge in [0.1, 0.15) is 28.0 Å². The highest BCUT2D eigenvalue weighted by Crippen LogP contribution is 2.42. The quantitative estimate of drug-likeness (QED) is 0.131. The third-order valence-electron chi connectivity index (χ3n) is 9.44. The summed E-state index contributed by atoms with van der Waals surface area (Å²) in [4.78, 5) is 31.9. The summed E-state index contributed by atoms with van der Waals surface area (Å²) >= 11 is 1.61. The largest absolute Gasteiger partial charge is 0.347 e. The molecule has 2 aromatic heterocycles. The van der Waals surface area contributed by atoms with E-state index in [1.54, 1.807) is 11.3 Å². The molecule has 0 aliphatic carbocycles. The molecule has 1 aliphatic heterocycles. The third-order valence-corrected chi connectivity index (χ3v) is 10.5. The van der Waals surface area contributed by atoms with E-state index >= 15 is 0 Å². The Balaban J connectivity index is 1.95. The number of aliphatic imine (C=N–C) groups is 1. The van der Waals surface area contributed by atoms with Crippen LogP contribution in [0.1, 0.15) is 137 Å². The fourth-order valence-corrected chi connectivity index (χ4v) is 7.60. The maximum atomic E-state index is 13.7. The van der Waals surface area contributed by atoms with E-state index in [1.165, 1.54) is 43.2 Å². The van der Waals surface area contributed by atoms with E-state index in [4.69, 9.17) is 15.0 Å². The smallest absolute Gasteiger partial charge is 0.291 e. The Morgan fingerprint density at radius 1 is 0.960 bits per heavy atom. The summed E-state index contributed by atoms with van der Waals surface area (Å²) in [5.41, 5.74) is 2.99. The summed E-state index contributed by atoms with van der Waals surface area (Å²) in [6, 6.07) is 12.5. The van der Waals surface area contributed by atoms with Crippen LogP contribution in [-0.4, -0.2) is 44.5 Å². The molecule has 0 N–H and O–H groups in total. The van der Waals surface area contributed by atoms with Crippen LogP contribution < -0.4 is 4.90 Å². The molecule has 8 nitrogen and oxygen atoms in total. The zero-order chi connectivity index (χ0) is 36.4. The lowest BCUT2D eigenvalue weighted by atomic mass is 9.91. The second kappa shape index (κ2) is 18.0. The zero-order valence-electron chi connectivity index (χ0n) is 32.1. The Morgan fingerprint density at radius 2 is 1.58 bits per heavy atom. The van der Waals surface area contributed by atoms with Crippen molar-refractivity contribution in [2.45, 2.75) is 127 Å². The molecule has 2 atom stereocenters. The van der Waals surface area contributed by atoms with E-state index in [2.05, 4.69) is 90.5 Å². The summed E-state index contributed by atoms with van der Waals surface area (Å²) < 4.78 is 1.30. The van der Waals surface area contributed by atoms with Crippen LogP contribution in [0.25, 0.3) is 11.3 Å². The Hall–Kier alpha value is -3.64. The second-order valence-corrected chi connectivity index (χ2v) is 16.5. The minimum Gasteiger partial charge on any atom is -0.347 e. The number of hydrogen-bond donors (Lipinski definition) is 0. The van der Waals surface area contributed by atoms with Crippen LogP contribution >= 0.6 is 11.3 Å². The van der Waals surface area contributed by atoms with Crippen molar-refractivity contribution in [2.24, 2.45) is 28.2 Å². The van der Waals surface area contributed by atoms with Gasteiger partial charge in [0.05, 0.1) is 0 Å². The lowest BCUT2D eigenvalue weighted by Gasteiger charge is -2.30. The molecule has 50 heavy (non-hydrogen) atoms. The van der Waals surface area contributed by atoms with E-state index in [0.717, 1.165) is 47.3 Å². The van der Waals surface area contributed by atoms with Crippen molar-refractivity contribution in [3.8, 4) is 17.3 Å². The molecular formula is C41H59N7OS. The number of carbonyl (C=O) groups excluding carboxylic acids is 1. The van der Waals surface area contributed by atoms with Gasteiger partial charge in [0.15, 0.2) is 16.8 Å². The maximum Gasteiger partial charge on any atom is 0.291 e. The number of anilines is 1. The molecule has 3 aromatic rings. The normalized spacial score (nSPS) is 15.5. The van der Waals surface area contributed by atoms with Gasteiger partial charge in [-0.05, 0) is 42.4 Å². The predicted octanol–water partition coefficient (Wildman–Crippen LogP) is 10.9. The molecular weight excluding hydrogens is 639 g/mol. The number of carbonyl (C=O) groups is 1. The van der Waals surface area contributed by atoms with Gasteiger partial charge < -0.3 is 4.90 Å². The molecule has 0 fully saturated rings. The van der Waals surface area contributed by atoms with Crippen LogP contribution in [-0.2, 0) is 6.42 Å². The first-order valence-corrected chi connectivity index (χ1v) is 19.8. The van der Waals surface area contributed by atoms with Crippen LogP contribution in [0, 0.1) is 34.5 Å². The highest BCUT2D eigenvalue weighted by Gasteiger charge is 2.35. The average molecular weight is 698 g/mol. The topological polar surface area (TPSA) is 100 Å². The number of benzene rings is 1. The monoisotopic (exact) mass is 697 g/mol.